The van der Waals surface area contributed by atoms with Gasteiger partial charge in [-0.1, -0.05) is 6.92 Å². The van der Waals surface area contributed by atoms with E-state index in [4.69, 9.17) is 25.7 Å². The van der Waals surface area contributed by atoms with Crippen molar-refractivity contribution in [2.75, 3.05) is 19.8 Å². The van der Waals surface area contributed by atoms with E-state index in [-0.39, 0.29) is 19.8 Å². The van der Waals surface area contributed by atoms with Crippen LogP contribution >= 0.6 is 0 Å². The van der Waals surface area contributed by atoms with E-state index in [0.717, 1.165) is 6.26 Å². The summed E-state index contributed by atoms with van der Waals surface area (Å²) in [7, 11) is 0. The van der Waals surface area contributed by atoms with E-state index in [2.05, 4.69) is 0 Å². The highest BCUT2D eigenvalue weighted by Gasteiger charge is 2.24. The van der Waals surface area contributed by atoms with Gasteiger partial charge in [-0.15, -0.1) is 0 Å². The molecule has 0 aliphatic carbocycles. The lowest BCUT2D eigenvalue weighted by atomic mass is 9.88. The van der Waals surface area contributed by atoms with E-state index in [1.165, 1.54) is 0 Å². The summed E-state index contributed by atoms with van der Waals surface area (Å²) >= 11 is 0. The second-order valence-corrected chi connectivity index (χ2v) is 2.43. The Bertz CT molecular complexity index is 110. The molecule has 12 heavy (non-hydrogen) atoms. The van der Waals surface area contributed by atoms with Gasteiger partial charge in [0, 0.05) is 5.41 Å². The Morgan fingerprint density at radius 1 is 1.17 bits per heavy atom. The van der Waals surface area contributed by atoms with E-state index in [1.54, 1.807) is 0 Å². The van der Waals surface area contributed by atoms with Gasteiger partial charge in [-0.3, -0.25) is 0 Å². The fourth-order valence-corrected chi connectivity index (χ4v) is 0.485. The molecule has 0 rings (SSSR count). The molecule has 0 aliphatic rings. The summed E-state index contributed by atoms with van der Waals surface area (Å²) in [5.41, 5.74) is -0.667. The average Bonchev–Trinajstić information content (AvgIpc) is 2.11. The molecule has 4 N–H and O–H groups in total. The minimum Gasteiger partial charge on any atom is -0.443 e. The maximum Gasteiger partial charge on any atom is 0.283 e. The zero-order valence-electron chi connectivity index (χ0n) is 7.06. The molecule has 0 saturated carbocycles. The van der Waals surface area contributed by atoms with Crippen molar-refractivity contribution in [1.29, 1.82) is 5.26 Å². The van der Waals surface area contributed by atoms with Crippen LogP contribution in [-0.2, 0) is 0 Å². The van der Waals surface area contributed by atoms with Crippen LogP contribution in [0.25, 0.3) is 0 Å². The van der Waals surface area contributed by atoms with Gasteiger partial charge in [0.15, 0.2) is 0 Å². The number of rotatable bonds is 4. The summed E-state index contributed by atoms with van der Waals surface area (Å²) in [6, 6.07) is 0. The minimum absolute atomic E-state index is 0.156. The lowest BCUT2D eigenvalue weighted by molar-refractivity contribution is 0.00304. The first-order valence-electron chi connectivity index (χ1n) is 3.52. The van der Waals surface area contributed by atoms with Crippen molar-refractivity contribution in [1.82, 2.24) is 0 Å². The molecule has 5 nitrogen and oxygen atoms in total. The second kappa shape index (κ2) is 8.27. The third-order valence-corrected chi connectivity index (χ3v) is 1.76. The third-order valence-electron chi connectivity index (χ3n) is 1.76. The number of hydrogen-bond acceptors (Lipinski definition) is 5. The molecule has 0 atom stereocenters. The molecule has 0 aromatic carbocycles. The quantitative estimate of drug-likeness (QED) is 0.421. The summed E-state index contributed by atoms with van der Waals surface area (Å²) in [6.07, 6.45) is 1.34. The molecule has 0 aromatic heterocycles. The fraction of sp³-hybridized carbons (Fsp3) is 0.857. The van der Waals surface area contributed by atoms with Crippen molar-refractivity contribution in [3.8, 4) is 6.26 Å². The Morgan fingerprint density at radius 2 is 1.42 bits per heavy atom. The van der Waals surface area contributed by atoms with Crippen LogP contribution in [0.15, 0.2) is 0 Å². The summed E-state index contributed by atoms with van der Waals surface area (Å²) in [5.74, 6) is 0. The van der Waals surface area contributed by atoms with Crippen LogP contribution in [0.2, 0.25) is 0 Å². The van der Waals surface area contributed by atoms with Crippen LogP contribution in [0, 0.1) is 16.9 Å². The minimum atomic E-state index is -0.667. The van der Waals surface area contributed by atoms with Crippen LogP contribution in [0.5, 0.6) is 0 Å². The summed E-state index contributed by atoms with van der Waals surface area (Å²) in [5, 5.41) is 39.7. The van der Waals surface area contributed by atoms with Crippen LogP contribution in [0.1, 0.15) is 13.3 Å². The van der Waals surface area contributed by atoms with Gasteiger partial charge in [0.2, 0.25) is 0 Å². The summed E-state index contributed by atoms with van der Waals surface area (Å²) < 4.78 is 0. The molecule has 0 spiro atoms. The smallest absolute Gasteiger partial charge is 0.283 e. The molecule has 0 heterocycles. The highest BCUT2D eigenvalue weighted by atomic mass is 16.3. The third kappa shape index (κ3) is 4.91. The normalized spacial score (nSPS) is 9.58. The first-order valence-corrected chi connectivity index (χ1v) is 3.52. The lowest BCUT2D eigenvalue weighted by Crippen LogP contribution is -2.32. The van der Waals surface area contributed by atoms with Crippen molar-refractivity contribution < 1.29 is 20.4 Å². The van der Waals surface area contributed by atoms with Gasteiger partial charge in [0.1, 0.15) is 0 Å². The van der Waals surface area contributed by atoms with Crippen LogP contribution in [-0.4, -0.2) is 40.2 Å². The van der Waals surface area contributed by atoms with Crippen molar-refractivity contribution >= 4 is 0 Å². The van der Waals surface area contributed by atoms with Gasteiger partial charge in [0.25, 0.3) is 6.26 Å². The number of aliphatic hydroxyl groups is 4. The molecule has 0 aliphatic heterocycles. The molecular weight excluding hydrogens is 162 g/mol. The number of hydrogen-bond donors (Lipinski definition) is 4. The van der Waals surface area contributed by atoms with E-state index >= 15 is 0 Å². The monoisotopic (exact) mass is 177 g/mol. The number of aliphatic hydroxyl groups excluding tert-OH is 4. The molecule has 72 valence electrons. The fourth-order valence-electron chi connectivity index (χ4n) is 0.485. The predicted octanol–water partition coefficient (Wildman–Crippen LogP) is -0.800. The SMILES string of the molecule is CCC(CO)(CO)CO.N#CO. The van der Waals surface area contributed by atoms with E-state index in [9.17, 15) is 0 Å². The highest BCUT2D eigenvalue weighted by molar-refractivity contribution is 4.74. The molecule has 0 unspecified atom stereocenters. The topological polar surface area (TPSA) is 105 Å². The van der Waals surface area contributed by atoms with Gasteiger partial charge < -0.3 is 20.4 Å². The Labute approximate surface area is 71.5 Å². The zero-order valence-corrected chi connectivity index (χ0v) is 7.06. The van der Waals surface area contributed by atoms with Gasteiger partial charge in [0.05, 0.1) is 19.8 Å². The maximum absolute atomic E-state index is 8.66. The van der Waals surface area contributed by atoms with Gasteiger partial charge in [-0.2, -0.15) is 5.26 Å². The van der Waals surface area contributed by atoms with Crippen molar-refractivity contribution in [3.05, 3.63) is 0 Å². The average molecular weight is 177 g/mol. The zero-order chi connectivity index (χ0) is 10.0. The molecule has 0 radical (unpaired) electrons. The molecular formula is C7H15NO4. The summed E-state index contributed by atoms with van der Waals surface area (Å²) in [6.45, 7) is 1.35. The first-order chi connectivity index (χ1) is 5.66. The van der Waals surface area contributed by atoms with Gasteiger partial charge >= 0.3 is 0 Å². The van der Waals surface area contributed by atoms with Crippen molar-refractivity contribution in [3.63, 3.8) is 0 Å². The lowest BCUT2D eigenvalue weighted by Gasteiger charge is -2.24. The largest absolute Gasteiger partial charge is 0.443 e. The second-order valence-electron chi connectivity index (χ2n) is 2.43. The predicted molar refractivity (Wildman–Crippen MR) is 41.5 cm³/mol. The Balaban J connectivity index is 0. The first kappa shape index (κ1) is 13.7. The van der Waals surface area contributed by atoms with Gasteiger partial charge in [-0.05, 0) is 6.42 Å². The van der Waals surface area contributed by atoms with E-state index in [1.807, 2.05) is 6.92 Å². The van der Waals surface area contributed by atoms with Gasteiger partial charge in [-0.25, -0.2) is 0 Å². The number of nitriles is 1. The van der Waals surface area contributed by atoms with E-state index in [0.29, 0.717) is 6.42 Å². The molecule has 0 bridgehead atoms. The molecule has 5 heteroatoms. The Morgan fingerprint density at radius 3 is 1.42 bits per heavy atom. The Hall–Kier alpha value is -0.830. The van der Waals surface area contributed by atoms with Crippen LogP contribution < -0.4 is 0 Å². The van der Waals surface area contributed by atoms with Crippen molar-refractivity contribution in [2.45, 2.75) is 13.3 Å². The van der Waals surface area contributed by atoms with Crippen molar-refractivity contribution in [2.24, 2.45) is 5.41 Å². The molecule has 0 amide bonds. The highest BCUT2D eigenvalue weighted by Crippen LogP contribution is 2.18. The number of nitrogens with zero attached hydrogens (tertiary/aromatic N) is 1. The maximum atomic E-state index is 8.66. The van der Waals surface area contributed by atoms with Crippen LogP contribution in [0.3, 0.4) is 0 Å². The molecule has 0 fully saturated rings. The molecule has 0 saturated heterocycles. The molecule has 0 aromatic rings. The standard InChI is InChI=1S/C6H14O3.CHNO/c1-2-6(3-7,4-8)5-9;2-1-3/h7-9H,2-5H2,1H3;3H. The Kier molecular flexibility index (Phi) is 9.47. The van der Waals surface area contributed by atoms with E-state index < -0.39 is 5.41 Å². The summed E-state index contributed by atoms with van der Waals surface area (Å²) in [4.78, 5) is 0. The van der Waals surface area contributed by atoms with Crippen LogP contribution in [0.4, 0.5) is 0 Å².